The highest BCUT2D eigenvalue weighted by atomic mass is 16.1. The molecule has 4 saturated carbocycles. The Labute approximate surface area is 136 Å². The van der Waals surface area contributed by atoms with Gasteiger partial charge in [-0.25, -0.2) is 0 Å². The van der Waals surface area contributed by atoms with Crippen LogP contribution in [0.15, 0.2) is 36.5 Å². The maximum absolute atomic E-state index is 13.0. The molecule has 0 unspecified atom stereocenters. The van der Waals surface area contributed by atoms with Gasteiger partial charge < -0.3 is 5.32 Å². The first-order chi connectivity index (χ1) is 11.2. The molecular weight excluding hydrogens is 284 g/mol. The molecular formula is C20H22N2O. The Balaban J connectivity index is 1.47. The van der Waals surface area contributed by atoms with Crippen molar-refractivity contribution in [1.82, 2.24) is 10.3 Å². The van der Waals surface area contributed by atoms with Crippen molar-refractivity contribution in [3.05, 3.63) is 42.1 Å². The fourth-order valence-electron chi connectivity index (χ4n) is 5.87. The van der Waals surface area contributed by atoms with E-state index in [2.05, 4.69) is 10.3 Å². The van der Waals surface area contributed by atoms with Crippen molar-refractivity contribution in [3.8, 4) is 0 Å². The molecule has 1 amide bonds. The molecule has 6 rings (SSSR count). The van der Waals surface area contributed by atoms with Crippen molar-refractivity contribution < 1.29 is 4.79 Å². The fourth-order valence-corrected chi connectivity index (χ4v) is 5.87. The minimum atomic E-state index is 0.0657. The molecule has 4 aliphatic rings. The average molecular weight is 306 g/mol. The first kappa shape index (κ1) is 13.5. The summed E-state index contributed by atoms with van der Waals surface area (Å²) in [5.41, 5.74) is 1.73. The van der Waals surface area contributed by atoms with Crippen LogP contribution in [0.3, 0.4) is 0 Å². The standard InChI is InChI=1S/C20H22N2O/c23-19(17-3-1-5-18-16(17)4-2-6-21-18)22-20-10-13-7-14(11-20)9-15(8-13)12-20/h1-6,13-15H,7-12H2,(H,22,23). The van der Waals surface area contributed by atoms with E-state index in [0.29, 0.717) is 0 Å². The number of pyridine rings is 1. The summed E-state index contributed by atoms with van der Waals surface area (Å²) < 4.78 is 0. The third kappa shape index (κ3) is 2.17. The summed E-state index contributed by atoms with van der Waals surface area (Å²) in [7, 11) is 0. The first-order valence-electron chi connectivity index (χ1n) is 8.87. The molecule has 4 bridgehead atoms. The molecule has 3 heteroatoms. The Bertz CT molecular complexity index is 742. The van der Waals surface area contributed by atoms with Crippen LogP contribution in [0.4, 0.5) is 0 Å². The molecule has 1 heterocycles. The lowest BCUT2D eigenvalue weighted by atomic mass is 9.53. The van der Waals surface area contributed by atoms with Gasteiger partial charge in [-0.3, -0.25) is 9.78 Å². The number of rotatable bonds is 2. The average Bonchev–Trinajstić information content (AvgIpc) is 2.52. The Morgan fingerprint density at radius 2 is 1.70 bits per heavy atom. The van der Waals surface area contributed by atoms with Gasteiger partial charge in [0.1, 0.15) is 0 Å². The van der Waals surface area contributed by atoms with Gasteiger partial charge in [-0.15, -0.1) is 0 Å². The molecule has 118 valence electrons. The molecule has 23 heavy (non-hydrogen) atoms. The number of amides is 1. The molecule has 0 aliphatic heterocycles. The van der Waals surface area contributed by atoms with E-state index >= 15 is 0 Å². The van der Waals surface area contributed by atoms with E-state index in [1.807, 2.05) is 30.3 Å². The number of benzene rings is 1. The first-order valence-corrected chi connectivity index (χ1v) is 8.87. The molecule has 1 aromatic carbocycles. The maximum atomic E-state index is 13.0. The highest BCUT2D eigenvalue weighted by molar-refractivity contribution is 6.06. The van der Waals surface area contributed by atoms with E-state index in [4.69, 9.17) is 0 Å². The van der Waals surface area contributed by atoms with Crippen LogP contribution in [0.25, 0.3) is 10.9 Å². The summed E-state index contributed by atoms with van der Waals surface area (Å²) in [6.45, 7) is 0. The van der Waals surface area contributed by atoms with Crippen LogP contribution in [-0.4, -0.2) is 16.4 Å². The van der Waals surface area contributed by atoms with Gasteiger partial charge >= 0.3 is 0 Å². The molecule has 4 fully saturated rings. The summed E-state index contributed by atoms with van der Waals surface area (Å²) >= 11 is 0. The van der Waals surface area contributed by atoms with Crippen LogP contribution < -0.4 is 5.32 Å². The van der Waals surface area contributed by atoms with Gasteiger partial charge in [-0.05, 0) is 74.5 Å². The van der Waals surface area contributed by atoms with Gasteiger partial charge in [0.25, 0.3) is 5.91 Å². The normalized spacial score (nSPS) is 34.7. The topological polar surface area (TPSA) is 42.0 Å². The maximum Gasteiger partial charge on any atom is 0.252 e. The number of nitrogens with one attached hydrogen (secondary N) is 1. The van der Waals surface area contributed by atoms with E-state index in [1.54, 1.807) is 6.20 Å². The van der Waals surface area contributed by atoms with Gasteiger partial charge in [-0.1, -0.05) is 12.1 Å². The van der Waals surface area contributed by atoms with Crippen molar-refractivity contribution in [2.24, 2.45) is 17.8 Å². The molecule has 0 saturated heterocycles. The van der Waals surface area contributed by atoms with Crippen LogP contribution >= 0.6 is 0 Å². The summed E-state index contributed by atoms with van der Waals surface area (Å²) in [6.07, 6.45) is 9.53. The van der Waals surface area contributed by atoms with E-state index < -0.39 is 0 Å². The minimum absolute atomic E-state index is 0.0657. The second-order valence-corrected chi connectivity index (χ2v) is 8.03. The van der Waals surface area contributed by atoms with Crippen molar-refractivity contribution in [1.29, 1.82) is 0 Å². The van der Waals surface area contributed by atoms with E-state index in [1.165, 1.54) is 38.5 Å². The predicted molar refractivity (Wildman–Crippen MR) is 90.1 cm³/mol. The molecule has 1 aromatic heterocycles. The Hall–Kier alpha value is -1.90. The monoisotopic (exact) mass is 306 g/mol. The van der Waals surface area contributed by atoms with Crippen LogP contribution in [0.1, 0.15) is 48.9 Å². The Morgan fingerprint density at radius 3 is 2.39 bits per heavy atom. The summed E-state index contributed by atoms with van der Waals surface area (Å²) in [5, 5.41) is 4.42. The molecule has 2 aromatic rings. The number of carbonyl (C=O) groups excluding carboxylic acids is 1. The lowest BCUT2D eigenvalue weighted by molar-refractivity contribution is -0.0166. The molecule has 0 atom stereocenters. The third-order valence-electron chi connectivity index (χ3n) is 6.31. The molecule has 3 nitrogen and oxygen atoms in total. The zero-order valence-electron chi connectivity index (χ0n) is 13.3. The minimum Gasteiger partial charge on any atom is -0.347 e. The Kier molecular flexibility index (Phi) is 2.82. The summed E-state index contributed by atoms with van der Waals surface area (Å²) in [5.74, 6) is 2.62. The van der Waals surface area contributed by atoms with Gasteiger partial charge in [0, 0.05) is 22.7 Å². The van der Waals surface area contributed by atoms with Gasteiger partial charge in [0.05, 0.1) is 5.52 Å². The smallest absolute Gasteiger partial charge is 0.252 e. The van der Waals surface area contributed by atoms with E-state index in [9.17, 15) is 4.79 Å². The van der Waals surface area contributed by atoms with E-state index in [0.717, 1.165) is 34.2 Å². The van der Waals surface area contributed by atoms with Crippen LogP contribution in [0.2, 0.25) is 0 Å². The van der Waals surface area contributed by atoms with Crippen LogP contribution in [0, 0.1) is 17.8 Å². The molecule has 1 N–H and O–H groups in total. The number of nitrogens with zero attached hydrogens (tertiary/aromatic N) is 1. The molecule has 0 radical (unpaired) electrons. The zero-order valence-corrected chi connectivity index (χ0v) is 13.3. The predicted octanol–water partition coefficient (Wildman–Crippen LogP) is 3.93. The van der Waals surface area contributed by atoms with Gasteiger partial charge in [0.2, 0.25) is 0 Å². The zero-order chi connectivity index (χ0) is 15.4. The van der Waals surface area contributed by atoms with Gasteiger partial charge in [0.15, 0.2) is 0 Å². The SMILES string of the molecule is O=C(NC12CC3CC(CC(C3)C1)C2)c1cccc2ncccc12. The number of carbonyl (C=O) groups is 1. The van der Waals surface area contributed by atoms with Crippen LogP contribution in [-0.2, 0) is 0 Å². The molecule has 0 spiro atoms. The third-order valence-corrected chi connectivity index (χ3v) is 6.31. The number of aromatic nitrogens is 1. The summed E-state index contributed by atoms with van der Waals surface area (Å²) in [4.78, 5) is 17.4. The quantitative estimate of drug-likeness (QED) is 0.913. The highest BCUT2D eigenvalue weighted by Gasteiger charge is 2.51. The van der Waals surface area contributed by atoms with Crippen molar-refractivity contribution in [3.63, 3.8) is 0 Å². The van der Waals surface area contributed by atoms with Gasteiger partial charge in [-0.2, -0.15) is 0 Å². The number of hydrogen-bond acceptors (Lipinski definition) is 2. The Morgan fingerprint density at radius 1 is 1.00 bits per heavy atom. The van der Waals surface area contributed by atoms with E-state index in [-0.39, 0.29) is 11.4 Å². The fraction of sp³-hybridized carbons (Fsp3) is 0.500. The lowest BCUT2D eigenvalue weighted by Crippen LogP contribution is -2.59. The van der Waals surface area contributed by atoms with Crippen molar-refractivity contribution in [2.75, 3.05) is 0 Å². The number of fused-ring (bicyclic) bond motifs is 1. The van der Waals surface area contributed by atoms with Crippen molar-refractivity contribution in [2.45, 2.75) is 44.1 Å². The van der Waals surface area contributed by atoms with Crippen molar-refractivity contribution >= 4 is 16.8 Å². The second-order valence-electron chi connectivity index (χ2n) is 8.03. The molecule has 4 aliphatic carbocycles. The number of hydrogen-bond donors (Lipinski definition) is 1. The highest BCUT2D eigenvalue weighted by Crippen LogP contribution is 2.55. The largest absolute Gasteiger partial charge is 0.347 e. The summed E-state index contributed by atoms with van der Waals surface area (Å²) in [6, 6.07) is 9.74. The lowest BCUT2D eigenvalue weighted by Gasteiger charge is -2.56. The van der Waals surface area contributed by atoms with Crippen LogP contribution in [0.5, 0.6) is 0 Å². The second kappa shape index (κ2) is 4.80.